The normalized spacial score (nSPS) is 18.3. The first-order chi connectivity index (χ1) is 10.3. The molecule has 2 heterocycles. The number of rotatable bonds is 4. The minimum Gasteiger partial charge on any atom is -0.334 e. The third-order valence-electron chi connectivity index (χ3n) is 4.13. The molecule has 0 saturated carbocycles. The van der Waals surface area contributed by atoms with Gasteiger partial charge in [-0.3, -0.25) is 4.79 Å². The molecule has 1 aromatic carbocycles. The standard InChI is InChI=1S/C17H19BrN2O/c18-11-3-6-14-7-4-12-20(14)17(21)16-10-9-13-5-1-2-8-15(13)19-16/h1-2,5,8-10,14H,3-4,6-7,11-12H2. The van der Waals surface area contributed by atoms with Gasteiger partial charge in [-0.2, -0.15) is 0 Å². The molecule has 1 saturated heterocycles. The molecule has 3 rings (SSSR count). The molecule has 0 aliphatic carbocycles. The molecule has 1 amide bonds. The molecule has 0 radical (unpaired) electrons. The van der Waals surface area contributed by atoms with Crippen LogP contribution in [0.3, 0.4) is 0 Å². The van der Waals surface area contributed by atoms with E-state index in [1.54, 1.807) is 0 Å². The summed E-state index contributed by atoms with van der Waals surface area (Å²) in [5.74, 6) is 0.0813. The summed E-state index contributed by atoms with van der Waals surface area (Å²) < 4.78 is 0. The van der Waals surface area contributed by atoms with Crippen LogP contribution in [-0.4, -0.2) is 33.7 Å². The summed E-state index contributed by atoms with van der Waals surface area (Å²) in [5.41, 5.74) is 1.46. The van der Waals surface area contributed by atoms with Gasteiger partial charge in [0.15, 0.2) is 0 Å². The first-order valence-electron chi connectivity index (χ1n) is 7.52. The number of nitrogens with zero attached hydrogens (tertiary/aromatic N) is 2. The second kappa shape index (κ2) is 6.56. The van der Waals surface area contributed by atoms with Crippen LogP contribution >= 0.6 is 15.9 Å². The maximum absolute atomic E-state index is 12.7. The largest absolute Gasteiger partial charge is 0.334 e. The number of alkyl halides is 1. The van der Waals surface area contributed by atoms with Gasteiger partial charge in [0.2, 0.25) is 0 Å². The molecule has 1 aromatic heterocycles. The van der Waals surface area contributed by atoms with E-state index in [4.69, 9.17) is 0 Å². The van der Waals surface area contributed by atoms with Crippen molar-refractivity contribution in [1.82, 2.24) is 9.88 Å². The molecule has 0 spiro atoms. The maximum Gasteiger partial charge on any atom is 0.272 e. The second-order valence-electron chi connectivity index (χ2n) is 5.52. The van der Waals surface area contributed by atoms with Gasteiger partial charge in [0, 0.05) is 23.3 Å². The van der Waals surface area contributed by atoms with Crippen molar-refractivity contribution in [2.75, 3.05) is 11.9 Å². The zero-order valence-electron chi connectivity index (χ0n) is 12.0. The van der Waals surface area contributed by atoms with Gasteiger partial charge in [-0.1, -0.05) is 40.2 Å². The van der Waals surface area contributed by atoms with E-state index in [1.807, 2.05) is 41.3 Å². The SMILES string of the molecule is O=C(c1ccc2ccccc2n1)N1CCCC1CCCBr. The van der Waals surface area contributed by atoms with E-state index in [-0.39, 0.29) is 5.91 Å². The number of hydrogen-bond acceptors (Lipinski definition) is 2. The van der Waals surface area contributed by atoms with Crippen molar-refractivity contribution in [3.8, 4) is 0 Å². The molecular weight excluding hydrogens is 328 g/mol. The van der Waals surface area contributed by atoms with Gasteiger partial charge in [-0.05, 0) is 37.8 Å². The number of benzene rings is 1. The Hall–Kier alpha value is -1.42. The minimum atomic E-state index is 0.0813. The molecule has 1 aliphatic rings. The van der Waals surface area contributed by atoms with Gasteiger partial charge in [-0.15, -0.1) is 0 Å². The van der Waals surface area contributed by atoms with E-state index in [0.29, 0.717) is 11.7 Å². The summed E-state index contributed by atoms with van der Waals surface area (Å²) in [6, 6.07) is 12.1. The van der Waals surface area contributed by atoms with Crippen LogP contribution in [0.25, 0.3) is 10.9 Å². The molecule has 2 aromatic rings. The predicted octanol–water partition coefficient (Wildman–Crippen LogP) is 4.01. The average Bonchev–Trinajstić information content (AvgIpc) is 3.00. The number of para-hydroxylation sites is 1. The monoisotopic (exact) mass is 346 g/mol. The van der Waals surface area contributed by atoms with E-state index in [1.165, 1.54) is 0 Å². The third-order valence-corrected chi connectivity index (χ3v) is 4.69. The average molecular weight is 347 g/mol. The van der Waals surface area contributed by atoms with E-state index in [2.05, 4.69) is 20.9 Å². The van der Waals surface area contributed by atoms with Gasteiger partial charge >= 0.3 is 0 Å². The van der Waals surface area contributed by atoms with Crippen molar-refractivity contribution in [1.29, 1.82) is 0 Å². The summed E-state index contributed by atoms with van der Waals surface area (Å²) in [6.07, 6.45) is 4.41. The topological polar surface area (TPSA) is 33.2 Å². The Morgan fingerprint density at radius 3 is 3.00 bits per heavy atom. The number of halogens is 1. The van der Waals surface area contributed by atoms with Crippen LogP contribution in [-0.2, 0) is 0 Å². The number of hydrogen-bond donors (Lipinski definition) is 0. The number of amides is 1. The Labute approximate surface area is 133 Å². The first kappa shape index (κ1) is 14.5. The van der Waals surface area contributed by atoms with Gasteiger partial charge in [0.05, 0.1) is 5.52 Å². The quantitative estimate of drug-likeness (QED) is 0.783. The van der Waals surface area contributed by atoms with Gasteiger partial charge in [0.1, 0.15) is 5.69 Å². The highest BCUT2D eigenvalue weighted by molar-refractivity contribution is 9.09. The highest BCUT2D eigenvalue weighted by Crippen LogP contribution is 2.24. The molecule has 110 valence electrons. The fraction of sp³-hybridized carbons (Fsp3) is 0.412. The fourth-order valence-electron chi connectivity index (χ4n) is 3.05. The third kappa shape index (κ3) is 3.10. The zero-order chi connectivity index (χ0) is 14.7. The van der Waals surface area contributed by atoms with Gasteiger partial charge in [0.25, 0.3) is 5.91 Å². The predicted molar refractivity (Wildman–Crippen MR) is 88.8 cm³/mol. The molecule has 0 N–H and O–H groups in total. The van der Waals surface area contributed by atoms with E-state index in [0.717, 1.165) is 48.5 Å². The molecule has 1 fully saturated rings. The highest BCUT2D eigenvalue weighted by atomic mass is 79.9. The van der Waals surface area contributed by atoms with Crippen molar-refractivity contribution in [3.63, 3.8) is 0 Å². The smallest absolute Gasteiger partial charge is 0.272 e. The van der Waals surface area contributed by atoms with E-state index in [9.17, 15) is 4.79 Å². The van der Waals surface area contributed by atoms with E-state index >= 15 is 0 Å². The van der Waals surface area contributed by atoms with E-state index < -0.39 is 0 Å². The lowest BCUT2D eigenvalue weighted by atomic mass is 10.1. The first-order valence-corrected chi connectivity index (χ1v) is 8.64. The summed E-state index contributed by atoms with van der Waals surface area (Å²) in [6.45, 7) is 0.861. The van der Waals surface area contributed by atoms with Crippen molar-refractivity contribution < 1.29 is 4.79 Å². The maximum atomic E-state index is 12.7. The van der Waals surface area contributed by atoms with Crippen molar-refractivity contribution >= 4 is 32.7 Å². The molecule has 3 nitrogen and oxygen atoms in total. The Balaban J connectivity index is 1.82. The number of pyridine rings is 1. The lowest BCUT2D eigenvalue weighted by Gasteiger charge is -2.24. The van der Waals surface area contributed by atoms with Crippen LogP contribution in [0.15, 0.2) is 36.4 Å². The molecular formula is C17H19BrN2O. The zero-order valence-corrected chi connectivity index (χ0v) is 13.6. The summed E-state index contributed by atoms with van der Waals surface area (Å²) in [4.78, 5) is 19.3. The van der Waals surface area contributed by atoms with Crippen LogP contribution in [0.5, 0.6) is 0 Å². The second-order valence-corrected chi connectivity index (χ2v) is 6.31. The van der Waals surface area contributed by atoms with Gasteiger partial charge < -0.3 is 4.90 Å². The Morgan fingerprint density at radius 1 is 1.29 bits per heavy atom. The van der Waals surface area contributed by atoms with Crippen LogP contribution in [0.4, 0.5) is 0 Å². The number of carbonyl (C=O) groups excluding carboxylic acids is 1. The molecule has 1 aliphatic heterocycles. The van der Waals surface area contributed by atoms with Crippen molar-refractivity contribution in [2.45, 2.75) is 31.7 Å². The van der Waals surface area contributed by atoms with Crippen molar-refractivity contribution in [2.24, 2.45) is 0 Å². The Bertz CT molecular complexity index is 643. The number of fused-ring (bicyclic) bond motifs is 1. The van der Waals surface area contributed by atoms with Crippen LogP contribution in [0.1, 0.15) is 36.2 Å². The lowest BCUT2D eigenvalue weighted by Crippen LogP contribution is -2.36. The lowest BCUT2D eigenvalue weighted by molar-refractivity contribution is 0.0724. The Kier molecular flexibility index (Phi) is 4.54. The minimum absolute atomic E-state index is 0.0813. The highest BCUT2D eigenvalue weighted by Gasteiger charge is 2.29. The van der Waals surface area contributed by atoms with Crippen LogP contribution in [0, 0.1) is 0 Å². The summed E-state index contributed by atoms with van der Waals surface area (Å²) in [7, 11) is 0. The number of carbonyl (C=O) groups is 1. The van der Waals surface area contributed by atoms with Gasteiger partial charge in [-0.25, -0.2) is 4.98 Å². The molecule has 1 atom stereocenters. The van der Waals surface area contributed by atoms with Crippen LogP contribution in [0.2, 0.25) is 0 Å². The molecule has 4 heteroatoms. The molecule has 0 bridgehead atoms. The number of aromatic nitrogens is 1. The fourth-order valence-corrected chi connectivity index (χ4v) is 3.37. The molecule has 1 unspecified atom stereocenters. The summed E-state index contributed by atoms with van der Waals surface area (Å²) in [5, 5.41) is 2.08. The number of likely N-dealkylation sites (tertiary alicyclic amines) is 1. The Morgan fingerprint density at radius 2 is 2.14 bits per heavy atom. The van der Waals surface area contributed by atoms with Crippen LogP contribution < -0.4 is 0 Å². The molecule has 21 heavy (non-hydrogen) atoms. The summed E-state index contributed by atoms with van der Waals surface area (Å²) >= 11 is 3.47. The van der Waals surface area contributed by atoms with Crippen molar-refractivity contribution in [3.05, 3.63) is 42.1 Å².